The van der Waals surface area contributed by atoms with E-state index in [0.717, 1.165) is 17.7 Å². The van der Waals surface area contributed by atoms with E-state index in [9.17, 15) is 0 Å². The maximum Gasteiger partial charge on any atom is 0.0622 e. The van der Waals surface area contributed by atoms with Crippen LogP contribution in [0.15, 0.2) is 16.3 Å². The summed E-state index contributed by atoms with van der Waals surface area (Å²) in [6, 6.07) is -0.159. The Hall–Kier alpha value is -0.670. The quantitative estimate of drug-likeness (QED) is 0.700. The fourth-order valence-corrected chi connectivity index (χ4v) is 1.97. The van der Waals surface area contributed by atoms with Crippen molar-refractivity contribution in [1.82, 2.24) is 0 Å². The first-order valence-electron chi connectivity index (χ1n) is 5.14. The molecule has 0 aromatic rings. The van der Waals surface area contributed by atoms with Gasteiger partial charge in [-0.15, -0.1) is 0 Å². The lowest BCUT2D eigenvalue weighted by atomic mass is 9.76. The van der Waals surface area contributed by atoms with Crippen molar-refractivity contribution in [3.05, 3.63) is 11.3 Å². The van der Waals surface area contributed by atoms with Crippen molar-refractivity contribution >= 4 is 6.21 Å². The van der Waals surface area contributed by atoms with Gasteiger partial charge in [0.25, 0.3) is 0 Å². The second-order valence-corrected chi connectivity index (χ2v) is 4.65. The van der Waals surface area contributed by atoms with Gasteiger partial charge in [0.1, 0.15) is 0 Å². The van der Waals surface area contributed by atoms with Crippen LogP contribution in [-0.4, -0.2) is 17.8 Å². The zero-order valence-corrected chi connectivity index (χ0v) is 9.54. The van der Waals surface area contributed by atoms with Crippen molar-refractivity contribution in [3.63, 3.8) is 0 Å². The van der Waals surface area contributed by atoms with Gasteiger partial charge in [0.2, 0.25) is 0 Å². The van der Waals surface area contributed by atoms with Crippen molar-refractivity contribution in [1.29, 1.82) is 0 Å². The molecule has 80 valence electrons. The molecular formula is C11H21N3. The summed E-state index contributed by atoms with van der Waals surface area (Å²) in [5.41, 5.74) is 14.1. The van der Waals surface area contributed by atoms with E-state index in [2.05, 4.69) is 18.8 Å². The Labute approximate surface area is 86.3 Å². The molecule has 3 heteroatoms. The van der Waals surface area contributed by atoms with E-state index >= 15 is 0 Å². The molecule has 0 amide bonds. The molecule has 0 aromatic carbocycles. The van der Waals surface area contributed by atoms with E-state index in [1.54, 1.807) is 6.21 Å². The number of hydrogen-bond donors (Lipinski definition) is 2. The summed E-state index contributed by atoms with van der Waals surface area (Å²) in [5.74, 6) is 0.542. The Balaban J connectivity index is 3.00. The molecule has 1 aliphatic rings. The highest BCUT2D eigenvalue weighted by Crippen LogP contribution is 2.30. The van der Waals surface area contributed by atoms with Gasteiger partial charge in [-0.1, -0.05) is 13.8 Å². The van der Waals surface area contributed by atoms with E-state index in [1.165, 1.54) is 0 Å². The third-order valence-electron chi connectivity index (χ3n) is 3.01. The molecule has 0 spiro atoms. The first-order chi connectivity index (χ1) is 6.38. The predicted molar refractivity (Wildman–Crippen MR) is 61.2 cm³/mol. The number of nitrogens with zero attached hydrogens (tertiary/aromatic N) is 1. The number of rotatable bonds is 2. The molecule has 0 aliphatic carbocycles. The van der Waals surface area contributed by atoms with Crippen LogP contribution >= 0.6 is 0 Å². The van der Waals surface area contributed by atoms with Crippen molar-refractivity contribution in [2.45, 2.75) is 45.7 Å². The zero-order chi connectivity index (χ0) is 10.9. The van der Waals surface area contributed by atoms with Crippen LogP contribution in [0.3, 0.4) is 0 Å². The SMILES string of the molecule is CC1=C(C)C(N)(CC(C)C)C(N)C=N1. The number of aliphatic imine (C=N–C) groups is 1. The van der Waals surface area contributed by atoms with Gasteiger partial charge in [-0.3, -0.25) is 4.99 Å². The Morgan fingerprint density at radius 2 is 2.07 bits per heavy atom. The van der Waals surface area contributed by atoms with E-state index < -0.39 is 5.54 Å². The van der Waals surface area contributed by atoms with Gasteiger partial charge in [-0.05, 0) is 31.8 Å². The fourth-order valence-electron chi connectivity index (χ4n) is 1.97. The zero-order valence-electron chi connectivity index (χ0n) is 9.54. The molecule has 4 N–H and O–H groups in total. The molecule has 0 radical (unpaired) electrons. The number of nitrogens with two attached hydrogens (primary N) is 2. The predicted octanol–water partition coefficient (Wildman–Crippen LogP) is 1.44. The Bertz CT molecular complexity index is 278. The molecular weight excluding hydrogens is 174 g/mol. The van der Waals surface area contributed by atoms with Gasteiger partial charge >= 0.3 is 0 Å². The third-order valence-corrected chi connectivity index (χ3v) is 3.01. The highest BCUT2D eigenvalue weighted by Gasteiger charge is 2.37. The van der Waals surface area contributed by atoms with E-state index in [0.29, 0.717) is 5.92 Å². The van der Waals surface area contributed by atoms with Crippen LogP contribution in [0.2, 0.25) is 0 Å². The van der Waals surface area contributed by atoms with Gasteiger partial charge in [0.05, 0.1) is 11.6 Å². The number of hydrogen-bond acceptors (Lipinski definition) is 3. The Kier molecular flexibility index (Phi) is 3.12. The number of allylic oxidation sites excluding steroid dienone is 1. The summed E-state index contributed by atoms with van der Waals surface area (Å²) in [6.45, 7) is 8.35. The van der Waals surface area contributed by atoms with Crippen molar-refractivity contribution in [3.8, 4) is 0 Å². The van der Waals surface area contributed by atoms with Gasteiger partial charge in [0, 0.05) is 11.9 Å². The maximum absolute atomic E-state index is 6.36. The van der Waals surface area contributed by atoms with Crippen molar-refractivity contribution in [2.75, 3.05) is 0 Å². The largest absolute Gasteiger partial charge is 0.321 e. The summed E-state index contributed by atoms with van der Waals surface area (Å²) < 4.78 is 0. The lowest BCUT2D eigenvalue weighted by Gasteiger charge is -2.38. The first-order valence-corrected chi connectivity index (χ1v) is 5.14. The summed E-state index contributed by atoms with van der Waals surface area (Å²) in [7, 11) is 0. The van der Waals surface area contributed by atoms with Crippen LogP contribution in [-0.2, 0) is 0 Å². The first kappa shape index (κ1) is 11.4. The molecule has 0 saturated heterocycles. The van der Waals surface area contributed by atoms with Gasteiger partial charge in [-0.2, -0.15) is 0 Å². The smallest absolute Gasteiger partial charge is 0.0622 e. The molecule has 1 rings (SSSR count). The average Bonchev–Trinajstić information content (AvgIpc) is 2.08. The van der Waals surface area contributed by atoms with Crippen LogP contribution in [0.5, 0.6) is 0 Å². The van der Waals surface area contributed by atoms with Gasteiger partial charge < -0.3 is 11.5 Å². The second-order valence-electron chi connectivity index (χ2n) is 4.65. The minimum atomic E-state index is -0.403. The molecule has 0 saturated carbocycles. The summed E-state index contributed by atoms with van der Waals surface area (Å²) in [5, 5.41) is 0. The molecule has 0 bridgehead atoms. The molecule has 1 aliphatic heterocycles. The van der Waals surface area contributed by atoms with Crippen LogP contribution in [0.25, 0.3) is 0 Å². The van der Waals surface area contributed by atoms with Crippen LogP contribution in [0, 0.1) is 5.92 Å². The molecule has 2 atom stereocenters. The lowest BCUT2D eigenvalue weighted by molar-refractivity contribution is 0.366. The van der Waals surface area contributed by atoms with Crippen LogP contribution < -0.4 is 11.5 Å². The monoisotopic (exact) mass is 195 g/mol. The normalized spacial score (nSPS) is 32.9. The average molecular weight is 195 g/mol. The molecule has 2 unspecified atom stereocenters. The van der Waals surface area contributed by atoms with E-state index in [1.807, 2.05) is 13.8 Å². The summed E-state index contributed by atoms with van der Waals surface area (Å²) in [6.07, 6.45) is 2.67. The van der Waals surface area contributed by atoms with Crippen LogP contribution in [0.1, 0.15) is 34.1 Å². The molecule has 0 aromatic heterocycles. The Morgan fingerprint density at radius 1 is 1.50 bits per heavy atom. The topological polar surface area (TPSA) is 64.4 Å². The second kappa shape index (κ2) is 3.83. The lowest BCUT2D eigenvalue weighted by Crippen LogP contribution is -2.59. The van der Waals surface area contributed by atoms with E-state index in [-0.39, 0.29) is 6.04 Å². The highest BCUT2D eigenvalue weighted by molar-refractivity contribution is 5.71. The molecule has 14 heavy (non-hydrogen) atoms. The summed E-state index contributed by atoms with van der Waals surface area (Å²) >= 11 is 0. The molecule has 0 fully saturated rings. The van der Waals surface area contributed by atoms with Gasteiger partial charge in [0.15, 0.2) is 0 Å². The highest BCUT2D eigenvalue weighted by atomic mass is 14.9. The molecule has 3 nitrogen and oxygen atoms in total. The molecule has 1 heterocycles. The maximum atomic E-state index is 6.36. The minimum Gasteiger partial charge on any atom is -0.321 e. The standard InChI is InChI=1S/C11H21N3/c1-7(2)5-11(13)8(3)9(4)14-6-10(11)12/h6-7,10H,5,12-13H2,1-4H3. The van der Waals surface area contributed by atoms with E-state index in [4.69, 9.17) is 11.5 Å². The van der Waals surface area contributed by atoms with Gasteiger partial charge in [-0.25, -0.2) is 0 Å². The van der Waals surface area contributed by atoms with Crippen molar-refractivity contribution in [2.24, 2.45) is 22.4 Å². The Morgan fingerprint density at radius 3 is 2.57 bits per heavy atom. The van der Waals surface area contributed by atoms with Crippen LogP contribution in [0.4, 0.5) is 0 Å². The minimum absolute atomic E-state index is 0.159. The van der Waals surface area contributed by atoms with Crippen molar-refractivity contribution < 1.29 is 0 Å². The third kappa shape index (κ3) is 1.88. The fraction of sp³-hybridized carbons (Fsp3) is 0.727. The summed E-state index contributed by atoms with van der Waals surface area (Å²) in [4.78, 5) is 4.24.